The molecule has 3 aromatic rings. The Bertz CT molecular complexity index is 1170. The second-order valence-electron chi connectivity index (χ2n) is 9.87. The highest BCUT2D eigenvalue weighted by Gasteiger charge is 2.30. The third kappa shape index (κ3) is 5.41. The van der Waals surface area contributed by atoms with E-state index in [1.807, 2.05) is 42.6 Å². The number of sulfonamides is 1. The van der Waals surface area contributed by atoms with Crippen LogP contribution >= 0.6 is 0 Å². The van der Waals surface area contributed by atoms with E-state index in [2.05, 4.69) is 32.9 Å². The zero-order chi connectivity index (χ0) is 23.6. The Morgan fingerprint density at radius 3 is 2.33 bits per heavy atom. The predicted octanol–water partition coefficient (Wildman–Crippen LogP) is 5.03. The molecule has 0 saturated heterocycles. The van der Waals surface area contributed by atoms with Gasteiger partial charge in [-0.15, -0.1) is 0 Å². The summed E-state index contributed by atoms with van der Waals surface area (Å²) in [6.45, 7) is 5.52. The van der Waals surface area contributed by atoms with Crippen molar-refractivity contribution in [1.29, 1.82) is 0 Å². The average molecular weight is 470 g/mol. The lowest BCUT2D eigenvalue weighted by molar-refractivity contribution is 0.211. The molecule has 178 valence electrons. The van der Waals surface area contributed by atoms with Gasteiger partial charge in [0, 0.05) is 30.2 Å². The molecule has 0 amide bonds. The van der Waals surface area contributed by atoms with Gasteiger partial charge in [-0.3, -0.25) is 5.17 Å². The molecular formula is C25H33N4O3S-. The Hall–Kier alpha value is -2.39. The summed E-state index contributed by atoms with van der Waals surface area (Å²) in [6.07, 6.45) is 5.19. The van der Waals surface area contributed by atoms with Crippen molar-refractivity contribution in [3.63, 3.8) is 0 Å². The third-order valence-electron chi connectivity index (χ3n) is 6.50. The average Bonchev–Trinajstić information content (AvgIpc) is 3.22. The molecule has 2 aromatic carbocycles. The minimum atomic E-state index is -3.34. The Morgan fingerprint density at radius 1 is 1.00 bits per heavy atom. The van der Waals surface area contributed by atoms with E-state index in [9.17, 15) is 13.6 Å². The molecule has 0 aliphatic heterocycles. The van der Waals surface area contributed by atoms with E-state index in [1.54, 1.807) is 20.8 Å². The summed E-state index contributed by atoms with van der Waals surface area (Å²) in [5.74, 6) is 0.266. The van der Waals surface area contributed by atoms with Crippen LogP contribution in [0.25, 0.3) is 16.6 Å². The molecule has 1 fully saturated rings. The van der Waals surface area contributed by atoms with Gasteiger partial charge in [0.25, 0.3) is 0 Å². The topological polar surface area (TPSA) is 89.4 Å². The smallest absolute Gasteiger partial charge is 0.216 e. The van der Waals surface area contributed by atoms with Gasteiger partial charge >= 0.3 is 0 Å². The number of hydrazine groups is 1. The van der Waals surface area contributed by atoms with Crippen LogP contribution in [0.5, 0.6) is 0 Å². The van der Waals surface area contributed by atoms with Gasteiger partial charge in [-0.1, -0.05) is 18.2 Å². The summed E-state index contributed by atoms with van der Waals surface area (Å²) in [5.41, 5.74) is 5.91. The van der Waals surface area contributed by atoms with Crippen molar-refractivity contribution < 1.29 is 8.42 Å². The first-order valence-corrected chi connectivity index (χ1v) is 13.0. The molecule has 0 radical (unpaired) electrons. The normalized spacial score (nSPS) is 19.8. The van der Waals surface area contributed by atoms with E-state index in [-0.39, 0.29) is 12.0 Å². The molecule has 0 atom stereocenters. The molecule has 1 saturated carbocycles. The van der Waals surface area contributed by atoms with Gasteiger partial charge in [-0.05, 0) is 94.2 Å². The number of para-hydroxylation sites is 1. The van der Waals surface area contributed by atoms with E-state index in [1.165, 1.54) is 5.39 Å². The first-order valence-electron chi connectivity index (χ1n) is 11.5. The number of nitrogens with one attached hydrogen (secondary N) is 2. The maximum atomic E-state index is 12.7. The van der Waals surface area contributed by atoms with E-state index >= 15 is 0 Å². The number of rotatable bonds is 7. The summed E-state index contributed by atoms with van der Waals surface area (Å²) in [5, 5.41) is 14.8. The maximum Gasteiger partial charge on any atom is 0.216 e. The Kier molecular flexibility index (Phi) is 6.81. The number of nitrogens with zero attached hydrogens (tertiary/aromatic N) is 2. The number of fused-ring (bicyclic) bond motifs is 1. The zero-order valence-corrected chi connectivity index (χ0v) is 20.3. The molecule has 2 N–H and O–H groups in total. The molecule has 4 rings (SSSR count). The van der Waals surface area contributed by atoms with Crippen molar-refractivity contribution in [2.75, 3.05) is 12.0 Å². The molecule has 0 bridgehead atoms. The monoisotopic (exact) mass is 469 g/mol. The van der Waals surface area contributed by atoms with Crippen LogP contribution in [0.4, 0.5) is 5.69 Å². The molecule has 0 spiro atoms. The van der Waals surface area contributed by atoms with Crippen LogP contribution in [0.1, 0.15) is 46.5 Å². The molecule has 33 heavy (non-hydrogen) atoms. The first-order chi connectivity index (χ1) is 15.6. The highest BCUT2D eigenvalue weighted by atomic mass is 32.2. The zero-order valence-electron chi connectivity index (χ0n) is 19.5. The van der Waals surface area contributed by atoms with E-state index < -0.39 is 14.8 Å². The molecule has 1 aromatic heterocycles. The van der Waals surface area contributed by atoms with Crippen molar-refractivity contribution in [3.8, 4) is 5.69 Å². The third-order valence-corrected chi connectivity index (χ3v) is 8.66. The number of anilines is 1. The second kappa shape index (κ2) is 9.46. The highest BCUT2D eigenvalue weighted by molar-refractivity contribution is 7.90. The molecular weight excluding hydrogens is 436 g/mol. The fourth-order valence-corrected chi connectivity index (χ4v) is 5.14. The quantitative estimate of drug-likeness (QED) is 0.474. The number of hydroxylamine groups is 1. The lowest BCUT2D eigenvalue weighted by Gasteiger charge is -2.41. The molecule has 1 aliphatic carbocycles. The molecule has 1 aliphatic rings. The minimum absolute atomic E-state index is 0.117. The van der Waals surface area contributed by atoms with Crippen molar-refractivity contribution in [3.05, 3.63) is 66.0 Å². The number of aromatic nitrogens is 1. The van der Waals surface area contributed by atoms with Crippen LogP contribution in [0.2, 0.25) is 0 Å². The Labute approximate surface area is 196 Å². The lowest BCUT2D eigenvalue weighted by Crippen LogP contribution is -2.43. The number of benzene rings is 2. The van der Waals surface area contributed by atoms with Crippen LogP contribution in [0.15, 0.2) is 60.8 Å². The standard InChI is InChI=1S/C25H33N4O3S/c1-25(2,3)33(31,32)26-18-19-8-12-23(13-9-19)29(30)27-21-10-14-22(15-11-21)28-17-16-20-6-4-5-7-24(20)28/h4-7,10-11,14-17,19,23,26-27H,8-9,12-13,18H2,1-3H3/q-1. The summed E-state index contributed by atoms with van der Waals surface area (Å²) < 4.78 is 28.6. The summed E-state index contributed by atoms with van der Waals surface area (Å²) in [6, 6.07) is 18.0. The predicted molar refractivity (Wildman–Crippen MR) is 135 cm³/mol. The van der Waals surface area contributed by atoms with E-state index in [0.717, 1.165) is 47.7 Å². The Morgan fingerprint density at radius 2 is 1.67 bits per heavy atom. The van der Waals surface area contributed by atoms with Gasteiger partial charge in [0.2, 0.25) is 10.0 Å². The van der Waals surface area contributed by atoms with E-state index in [4.69, 9.17) is 0 Å². The van der Waals surface area contributed by atoms with Gasteiger partial charge in [0.15, 0.2) is 0 Å². The second-order valence-corrected chi connectivity index (χ2v) is 12.4. The number of hydrogen-bond acceptors (Lipinski definition) is 5. The van der Waals surface area contributed by atoms with Gasteiger partial charge in [-0.25, -0.2) is 13.1 Å². The Balaban J connectivity index is 1.29. The highest BCUT2D eigenvalue weighted by Crippen LogP contribution is 2.28. The summed E-state index contributed by atoms with van der Waals surface area (Å²) >= 11 is 0. The van der Waals surface area contributed by atoms with E-state index in [0.29, 0.717) is 6.54 Å². The fraction of sp³-hybridized carbons (Fsp3) is 0.440. The summed E-state index contributed by atoms with van der Waals surface area (Å²) in [7, 11) is -3.34. The van der Waals surface area contributed by atoms with Crippen molar-refractivity contribution in [2.45, 2.75) is 57.2 Å². The van der Waals surface area contributed by atoms with Crippen LogP contribution < -0.4 is 10.1 Å². The molecule has 8 heteroatoms. The largest absolute Gasteiger partial charge is 0.767 e. The fourth-order valence-electron chi connectivity index (χ4n) is 4.25. The van der Waals surface area contributed by atoms with Gasteiger partial charge in [0.05, 0.1) is 10.3 Å². The van der Waals surface area contributed by atoms with Gasteiger partial charge < -0.3 is 15.2 Å². The van der Waals surface area contributed by atoms with Crippen LogP contribution in [-0.4, -0.2) is 35.5 Å². The van der Waals surface area contributed by atoms with Crippen LogP contribution in [0.3, 0.4) is 0 Å². The molecule has 1 heterocycles. The lowest BCUT2D eigenvalue weighted by atomic mass is 9.86. The van der Waals surface area contributed by atoms with Crippen LogP contribution in [-0.2, 0) is 10.0 Å². The van der Waals surface area contributed by atoms with Gasteiger partial charge in [0.1, 0.15) is 0 Å². The number of hydrogen-bond donors (Lipinski definition) is 2. The minimum Gasteiger partial charge on any atom is -0.767 e. The summed E-state index contributed by atoms with van der Waals surface area (Å²) in [4.78, 5) is 0. The van der Waals surface area contributed by atoms with Crippen molar-refractivity contribution >= 4 is 26.6 Å². The van der Waals surface area contributed by atoms with Crippen molar-refractivity contribution in [1.82, 2.24) is 14.5 Å². The van der Waals surface area contributed by atoms with Crippen LogP contribution in [0, 0.1) is 11.1 Å². The SMILES string of the molecule is CC(C)(C)S(=O)(=O)NCC1CCC(N([O-])Nc2ccc(-n3ccc4ccccc43)cc2)CC1. The maximum absolute atomic E-state index is 12.7. The first kappa shape index (κ1) is 23.8. The molecule has 7 nitrogen and oxygen atoms in total. The molecule has 0 unspecified atom stereocenters. The van der Waals surface area contributed by atoms with Gasteiger partial charge in [-0.2, -0.15) is 0 Å². The van der Waals surface area contributed by atoms with Crippen molar-refractivity contribution in [2.24, 2.45) is 5.92 Å².